The van der Waals surface area contributed by atoms with Crippen LogP contribution in [0.2, 0.25) is 0 Å². The van der Waals surface area contributed by atoms with Crippen LogP contribution >= 0.6 is 15.9 Å². The minimum Gasteiger partial charge on any atom is -0.489 e. The number of halogens is 3. The molecule has 88 valence electrons. The fraction of sp³-hybridized carbons (Fsp3) is 0.0769. The Hall–Kier alpha value is -1.42. The monoisotopic (exact) mass is 298 g/mol. The van der Waals surface area contributed by atoms with Crippen molar-refractivity contribution >= 4 is 15.9 Å². The van der Waals surface area contributed by atoms with Gasteiger partial charge in [-0.1, -0.05) is 15.9 Å². The average molecular weight is 299 g/mol. The molecule has 0 bridgehead atoms. The highest BCUT2D eigenvalue weighted by atomic mass is 79.9. The largest absolute Gasteiger partial charge is 0.489 e. The molecule has 1 nitrogen and oxygen atoms in total. The zero-order chi connectivity index (χ0) is 12.3. The summed E-state index contributed by atoms with van der Waals surface area (Å²) in [6.07, 6.45) is 0. The first-order valence-corrected chi connectivity index (χ1v) is 5.77. The molecule has 0 aliphatic carbocycles. The van der Waals surface area contributed by atoms with Crippen LogP contribution in [0, 0.1) is 11.6 Å². The van der Waals surface area contributed by atoms with Crippen molar-refractivity contribution < 1.29 is 13.5 Å². The fourth-order valence-electron chi connectivity index (χ4n) is 1.35. The summed E-state index contributed by atoms with van der Waals surface area (Å²) in [7, 11) is 0. The lowest BCUT2D eigenvalue weighted by molar-refractivity contribution is 0.299. The molecule has 2 aromatic rings. The van der Waals surface area contributed by atoms with Crippen molar-refractivity contribution in [3.63, 3.8) is 0 Å². The van der Waals surface area contributed by atoms with Gasteiger partial charge in [0, 0.05) is 10.0 Å². The van der Waals surface area contributed by atoms with E-state index in [0.717, 1.165) is 22.7 Å². The summed E-state index contributed by atoms with van der Waals surface area (Å²) in [5.41, 5.74) is 0.202. The minimum absolute atomic E-state index is 0.00518. The Morgan fingerprint density at radius 3 is 2.41 bits per heavy atom. The van der Waals surface area contributed by atoms with Crippen LogP contribution in [0.1, 0.15) is 5.56 Å². The lowest BCUT2D eigenvalue weighted by atomic mass is 10.2. The van der Waals surface area contributed by atoms with E-state index < -0.39 is 11.6 Å². The van der Waals surface area contributed by atoms with Crippen LogP contribution < -0.4 is 4.74 Å². The van der Waals surface area contributed by atoms with E-state index in [-0.39, 0.29) is 12.2 Å². The standard InChI is InChI=1S/C13H9BrF2O/c14-10-1-4-12(5-2-10)17-8-9-7-11(15)3-6-13(9)16/h1-7H,8H2. The molecular weight excluding hydrogens is 290 g/mol. The second kappa shape index (κ2) is 5.27. The molecule has 0 aliphatic rings. The molecule has 0 aromatic heterocycles. The summed E-state index contributed by atoms with van der Waals surface area (Å²) in [5, 5.41) is 0. The Labute approximate surface area is 106 Å². The molecule has 4 heteroatoms. The molecule has 0 saturated heterocycles. The van der Waals surface area contributed by atoms with Crippen LogP contribution in [-0.4, -0.2) is 0 Å². The molecule has 0 amide bonds. The Kier molecular flexibility index (Phi) is 3.74. The first-order chi connectivity index (χ1) is 8.15. The second-order valence-electron chi connectivity index (χ2n) is 3.48. The molecule has 0 heterocycles. The van der Waals surface area contributed by atoms with Crippen LogP contribution in [0.25, 0.3) is 0 Å². The summed E-state index contributed by atoms with van der Waals surface area (Å²) in [5.74, 6) is -0.332. The van der Waals surface area contributed by atoms with Gasteiger partial charge in [0.15, 0.2) is 0 Å². The zero-order valence-corrected chi connectivity index (χ0v) is 10.4. The van der Waals surface area contributed by atoms with Crippen LogP contribution in [0.5, 0.6) is 5.75 Å². The molecule has 0 unspecified atom stereocenters. The highest BCUT2D eigenvalue weighted by Crippen LogP contribution is 2.18. The minimum atomic E-state index is -0.471. The topological polar surface area (TPSA) is 9.23 Å². The molecule has 17 heavy (non-hydrogen) atoms. The van der Waals surface area contributed by atoms with Crippen molar-refractivity contribution in [2.24, 2.45) is 0 Å². The van der Waals surface area contributed by atoms with E-state index in [0.29, 0.717) is 5.75 Å². The SMILES string of the molecule is Fc1ccc(F)c(COc2ccc(Br)cc2)c1. The molecule has 2 rings (SSSR count). The predicted octanol–water partition coefficient (Wildman–Crippen LogP) is 4.31. The van der Waals surface area contributed by atoms with Gasteiger partial charge < -0.3 is 4.74 Å². The Balaban J connectivity index is 2.07. The molecule has 2 aromatic carbocycles. The molecule has 0 fully saturated rings. The summed E-state index contributed by atoms with van der Waals surface area (Å²) in [4.78, 5) is 0. The quantitative estimate of drug-likeness (QED) is 0.820. The number of hydrogen-bond acceptors (Lipinski definition) is 1. The third kappa shape index (κ3) is 3.27. The van der Waals surface area contributed by atoms with Gasteiger partial charge in [0.1, 0.15) is 24.0 Å². The van der Waals surface area contributed by atoms with E-state index in [2.05, 4.69) is 15.9 Å². The maximum absolute atomic E-state index is 13.3. The molecule has 0 aliphatic heterocycles. The molecule has 0 spiro atoms. The molecule has 0 atom stereocenters. The first-order valence-electron chi connectivity index (χ1n) is 4.97. The van der Waals surface area contributed by atoms with Crippen molar-refractivity contribution in [3.05, 3.63) is 64.1 Å². The second-order valence-corrected chi connectivity index (χ2v) is 4.39. The van der Waals surface area contributed by atoms with Crippen LogP contribution in [-0.2, 0) is 6.61 Å². The number of benzene rings is 2. The lowest BCUT2D eigenvalue weighted by Gasteiger charge is -2.07. The number of rotatable bonds is 3. The van der Waals surface area contributed by atoms with Gasteiger partial charge in [-0.15, -0.1) is 0 Å². The van der Waals surface area contributed by atoms with Crippen molar-refractivity contribution in [1.82, 2.24) is 0 Å². The van der Waals surface area contributed by atoms with Gasteiger partial charge >= 0.3 is 0 Å². The van der Waals surface area contributed by atoms with Crippen molar-refractivity contribution in [3.8, 4) is 5.75 Å². The Morgan fingerprint density at radius 1 is 1.00 bits per heavy atom. The zero-order valence-electron chi connectivity index (χ0n) is 8.79. The van der Waals surface area contributed by atoms with Gasteiger partial charge in [-0.3, -0.25) is 0 Å². The smallest absolute Gasteiger partial charge is 0.130 e. The van der Waals surface area contributed by atoms with E-state index >= 15 is 0 Å². The van der Waals surface area contributed by atoms with Crippen molar-refractivity contribution in [1.29, 1.82) is 0 Å². The van der Waals surface area contributed by atoms with Gasteiger partial charge in [0.25, 0.3) is 0 Å². The predicted molar refractivity (Wildman–Crippen MR) is 64.8 cm³/mol. The van der Waals surface area contributed by atoms with Crippen molar-refractivity contribution in [2.75, 3.05) is 0 Å². The normalized spacial score (nSPS) is 10.3. The first kappa shape index (κ1) is 12.0. The lowest BCUT2D eigenvalue weighted by Crippen LogP contribution is -1.99. The highest BCUT2D eigenvalue weighted by molar-refractivity contribution is 9.10. The summed E-state index contributed by atoms with van der Waals surface area (Å²) in [6.45, 7) is 0.00518. The molecule has 0 radical (unpaired) electrons. The Morgan fingerprint density at radius 2 is 1.71 bits per heavy atom. The van der Waals surface area contributed by atoms with Gasteiger partial charge in [0.2, 0.25) is 0 Å². The van der Waals surface area contributed by atoms with Crippen LogP contribution in [0.4, 0.5) is 8.78 Å². The Bertz CT molecular complexity index is 511. The van der Waals surface area contributed by atoms with Crippen LogP contribution in [0.15, 0.2) is 46.9 Å². The van der Waals surface area contributed by atoms with E-state index in [1.165, 1.54) is 0 Å². The maximum atomic E-state index is 13.3. The van der Waals surface area contributed by atoms with E-state index in [9.17, 15) is 8.78 Å². The van der Waals surface area contributed by atoms with Gasteiger partial charge in [-0.25, -0.2) is 8.78 Å². The fourth-order valence-corrected chi connectivity index (χ4v) is 1.61. The highest BCUT2D eigenvalue weighted by Gasteiger charge is 2.04. The summed E-state index contributed by atoms with van der Waals surface area (Å²) < 4.78 is 32.5. The molecular formula is C13H9BrF2O. The third-order valence-corrected chi connectivity index (χ3v) is 2.74. The molecule has 0 saturated carbocycles. The van der Waals surface area contributed by atoms with Gasteiger partial charge in [0.05, 0.1) is 0 Å². The summed E-state index contributed by atoms with van der Waals surface area (Å²) in [6, 6.07) is 10.4. The van der Waals surface area contributed by atoms with Crippen LogP contribution in [0.3, 0.4) is 0 Å². The van der Waals surface area contributed by atoms with E-state index in [1.54, 1.807) is 12.1 Å². The average Bonchev–Trinajstić information content (AvgIpc) is 2.32. The van der Waals surface area contributed by atoms with Gasteiger partial charge in [-0.2, -0.15) is 0 Å². The van der Waals surface area contributed by atoms with Gasteiger partial charge in [-0.05, 0) is 42.5 Å². The number of hydrogen-bond donors (Lipinski definition) is 0. The molecule has 0 N–H and O–H groups in total. The maximum Gasteiger partial charge on any atom is 0.130 e. The van der Waals surface area contributed by atoms with E-state index in [1.807, 2.05) is 12.1 Å². The van der Waals surface area contributed by atoms with E-state index in [4.69, 9.17) is 4.74 Å². The third-order valence-electron chi connectivity index (χ3n) is 2.22. The number of ether oxygens (including phenoxy) is 1. The van der Waals surface area contributed by atoms with Crippen molar-refractivity contribution in [2.45, 2.75) is 6.61 Å². The summed E-state index contributed by atoms with van der Waals surface area (Å²) >= 11 is 3.30.